The zero-order chi connectivity index (χ0) is 15.4. The minimum absolute atomic E-state index is 0.166. The Labute approximate surface area is 121 Å². The van der Waals surface area contributed by atoms with Crippen molar-refractivity contribution in [2.45, 2.75) is 44.6 Å². The zero-order valence-electron chi connectivity index (χ0n) is 11.7. The highest BCUT2D eigenvalue weighted by atomic mass is 16.5. The number of aromatic amines is 1. The molecule has 1 aromatic rings. The van der Waals surface area contributed by atoms with E-state index in [0.29, 0.717) is 6.42 Å². The third-order valence-electron chi connectivity index (χ3n) is 3.26. The fourth-order valence-corrected chi connectivity index (χ4v) is 2.12. The van der Waals surface area contributed by atoms with Crippen LogP contribution in [0.15, 0.2) is 15.8 Å². The Bertz CT molecular complexity index is 666. The number of rotatable bonds is 3. The predicted octanol–water partition coefficient (Wildman–Crippen LogP) is -0.671. The number of H-pyrrole nitrogens is 1. The lowest BCUT2D eigenvalue weighted by Gasteiger charge is -2.14. The molecule has 1 aliphatic rings. The molecule has 0 aliphatic carbocycles. The molecule has 1 saturated heterocycles. The van der Waals surface area contributed by atoms with Crippen molar-refractivity contribution in [1.82, 2.24) is 9.55 Å². The summed E-state index contributed by atoms with van der Waals surface area (Å²) in [5.74, 6) is 5.56. The van der Waals surface area contributed by atoms with Crippen LogP contribution in [0.25, 0.3) is 0 Å². The molecule has 1 aromatic heterocycles. The van der Waals surface area contributed by atoms with Gasteiger partial charge >= 0.3 is 5.69 Å². The molecule has 3 N–H and O–H groups in total. The molecule has 2 rings (SSSR count). The van der Waals surface area contributed by atoms with E-state index < -0.39 is 29.7 Å². The standard InChI is InChI=1S/C14H18N2O5/c1-2-3-4-5-9-7-16(14(20)15-13(9)19)12-6-10(18)11(8-17)21-12/h7,10-12,17-18H,2-3,6,8H2,1H3,(H,15,19,20)/t10-,11+,12+/m1/s1. The second kappa shape index (κ2) is 6.72. The Morgan fingerprint density at radius 2 is 2.29 bits per heavy atom. The minimum atomic E-state index is -0.853. The Kier molecular flexibility index (Phi) is 4.96. The van der Waals surface area contributed by atoms with Crippen molar-refractivity contribution < 1.29 is 14.9 Å². The molecule has 21 heavy (non-hydrogen) atoms. The molecule has 0 unspecified atom stereocenters. The molecular weight excluding hydrogens is 276 g/mol. The van der Waals surface area contributed by atoms with Crippen LogP contribution in [0.4, 0.5) is 0 Å². The summed E-state index contributed by atoms with van der Waals surface area (Å²) < 4.78 is 6.59. The van der Waals surface area contributed by atoms with Gasteiger partial charge in [0.05, 0.1) is 12.7 Å². The lowest BCUT2D eigenvalue weighted by Crippen LogP contribution is -2.33. The number of nitrogens with one attached hydrogen (secondary N) is 1. The lowest BCUT2D eigenvalue weighted by molar-refractivity contribution is -0.0459. The van der Waals surface area contributed by atoms with Gasteiger partial charge in [-0.15, -0.1) is 0 Å². The molecule has 0 saturated carbocycles. The van der Waals surface area contributed by atoms with Gasteiger partial charge in [-0.05, 0) is 6.42 Å². The van der Waals surface area contributed by atoms with Crippen LogP contribution in [0.2, 0.25) is 0 Å². The van der Waals surface area contributed by atoms with E-state index in [2.05, 4.69) is 16.8 Å². The van der Waals surface area contributed by atoms with Crippen LogP contribution >= 0.6 is 0 Å². The molecule has 7 heteroatoms. The SMILES string of the molecule is CCCC#Cc1cn([C@@H]2C[C@@H](O)[C@H](CO)O2)c(=O)[nH]c1=O. The summed E-state index contributed by atoms with van der Waals surface area (Å²) in [6, 6.07) is 0. The van der Waals surface area contributed by atoms with Crippen LogP contribution < -0.4 is 11.2 Å². The van der Waals surface area contributed by atoms with E-state index in [4.69, 9.17) is 9.84 Å². The van der Waals surface area contributed by atoms with Gasteiger partial charge in [0, 0.05) is 19.0 Å². The van der Waals surface area contributed by atoms with Gasteiger partial charge in [-0.3, -0.25) is 14.3 Å². The van der Waals surface area contributed by atoms with Crippen LogP contribution in [-0.4, -0.2) is 38.6 Å². The van der Waals surface area contributed by atoms with E-state index in [1.165, 1.54) is 10.8 Å². The highest BCUT2D eigenvalue weighted by Crippen LogP contribution is 2.27. The van der Waals surface area contributed by atoms with Crippen LogP contribution in [-0.2, 0) is 4.74 Å². The van der Waals surface area contributed by atoms with Crippen molar-refractivity contribution in [2.24, 2.45) is 0 Å². The maximum Gasteiger partial charge on any atom is 0.330 e. The van der Waals surface area contributed by atoms with Crippen LogP contribution in [0, 0.1) is 11.8 Å². The third-order valence-corrected chi connectivity index (χ3v) is 3.26. The second-order valence-electron chi connectivity index (χ2n) is 4.88. The largest absolute Gasteiger partial charge is 0.394 e. The van der Waals surface area contributed by atoms with Crippen molar-refractivity contribution in [3.8, 4) is 11.8 Å². The lowest BCUT2D eigenvalue weighted by atomic mass is 10.2. The molecule has 0 spiro atoms. The molecule has 0 aromatic carbocycles. The Morgan fingerprint density at radius 3 is 2.90 bits per heavy atom. The number of aliphatic hydroxyl groups excluding tert-OH is 2. The monoisotopic (exact) mass is 294 g/mol. The summed E-state index contributed by atoms with van der Waals surface area (Å²) in [4.78, 5) is 25.7. The average molecular weight is 294 g/mol. The first-order chi connectivity index (χ1) is 10.1. The first-order valence-corrected chi connectivity index (χ1v) is 6.85. The van der Waals surface area contributed by atoms with E-state index >= 15 is 0 Å². The van der Waals surface area contributed by atoms with Crippen molar-refractivity contribution in [3.05, 3.63) is 32.6 Å². The molecule has 114 valence electrons. The van der Waals surface area contributed by atoms with E-state index in [1.54, 1.807) is 0 Å². The van der Waals surface area contributed by atoms with Gasteiger partial charge in [-0.25, -0.2) is 4.79 Å². The van der Waals surface area contributed by atoms with Gasteiger partial charge in [0.2, 0.25) is 0 Å². The quantitative estimate of drug-likeness (QED) is 0.641. The smallest absolute Gasteiger partial charge is 0.330 e. The molecule has 2 heterocycles. The zero-order valence-corrected chi connectivity index (χ0v) is 11.7. The second-order valence-corrected chi connectivity index (χ2v) is 4.88. The predicted molar refractivity (Wildman–Crippen MR) is 74.7 cm³/mol. The first kappa shape index (κ1) is 15.5. The number of unbranched alkanes of at least 4 members (excludes halogenated alkanes) is 1. The minimum Gasteiger partial charge on any atom is -0.394 e. The number of aromatic nitrogens is 2. The van der Waals surface area contributed by atoms with Crippen molar-refractivity contribution >= 4 is 0 Å². The molecule has 3 atom stereocenters. The van der Waals surface area contributed by atoms with Crippen LogP contribution in [0.1, 0.15) is 38.0 Å². The van der Waals surface area contributed by atoms with Crippen molar-refractivity contribution in [1.29, 1.82) is 0 Å². The molecule has 0 bridgehead atoms. The Morgan fingerprint density at radius 1 is 1.52 bits per heavy atom. The Hall–Kier alpha value is -1.88. The summed E-state index contributed by atoms with van der Waals surface area (Å²) in [6.07, 6.45) is 0.717. The first-order valence-electron chi connectivity index (χ1n) is 6.85. The summed E-state index contributed by atoms with van der Waals surface area (Å²) in [5, 5.41) is 18.8. The molecule has 0 radical (unpaired) electrons. The number of nitrogens with zero attached hydrogens (tertiary/aromatic N) is 1. The summed E-state index contributed by atoms with van der Waals surface area (Å²) >= 11 is 0. The van der Waals surface area contributed by atoms with Crippen molar-refractivity contribution in [2.75, 3.05) is 6.61 Å². The number of hydrogen-bond donors (Lipinski definition) is 3. The maximum absolute atomic E-state index is 11.8. The van der Waals surface area contributed by atoms with Crippen LogP contribution in [0.5, 0.6) is 0 Å². The number of hydrogen-bond acceptors (Lipinski definition) is 5. The fourth-order valence-electron chi connectivity index (χ4n) is 2.12. The summed E-state index contributed by atoms with van der Waals surface area (Å²) in [7, 11) is 0. The Balaban J connectivity index is 2.33. The molecule has 7 nitrogen and oxygen atoms in total. The van der Waals surface area contributed by atoms with Gasteiger partial charge in [0.25, 0.3) is 5.56 Å². The van der Waals surface area contributed by atoms with Gasteiger partial charge < -0.3 is 14.9 Å². The molecule has 1 aliphatic heterocycles. The van der Waals surface area contributed by atoms with E-state index in [0.717, 1.165) is 6.42 Å². The maximum atomic E-state index is 11.8. The third kappa shape index (κ3) is 3.42. The van der Waals surface area contributed by atoms with Crippen LogP contribution in [0.3, 0.4) is 0 Å². The number of aliphatic hydroxyl groups is 2. The summed E-state index contributed by atoms with van der Waals surface area (Å²) in [5.41, 5.74) is -0.998. The normalized spacial score (nSPS) is 24.6. The summed E-state index contributed by atoms with van der Waals surface area (Å²) in [6.45, 7) is 1.64. The highest BCUT2D eigenvalue weighted by molar-refractivity contribution is 5.29. The molecule has 1 fully saturated rings. The topological polar surface area (TPSA) is 105 Å². The van der Waals surface area contributed by atoms with Gasteiger partial charge in [-0.2, -0.15) is 0 Å². The van der Waals surface area contributed by atoms with Gasteiger partial charge in [0.15, 0.2) is 0 Å². The van der Waals surface area contributed by atoms with E-state index in [9.17, 15) is 14.7 Å². The number of ether oxygens (including phenoxy) is 1. The van der Waals surface area contributed by atoms with E-state index in [1.807, 2.05) is 6.92 Å². The van der Waals surface area contributed by atoms with Gasteiger partial charge in [0.1, 0.15) is 17.9 Å². The fraction of sp³-hybridized carbons (Fsp3) is 0.571. The highest BCUT2D eigenvalue weighted by Gasteiger charge is 2.35. The van der Waals surface area contributed by atoms with Gasteiger partial charge in [-0.1, -0.05) is 18.8 Å². The van der Waals surface area contributed by atoms with Crippen molar-refractivity contribution in [3.63, 3.8) is 0 Å². The molecule has 0 amide bonds. The average Bonchev–Trinajstić information content (AvgIpc) is 2.82. The molecular formula is C14H18N2O5. The van der Waals surface area contributed by atoms with E-state index in [-0.39, 0.29) is 18.6 Å².